The quantitative estimate of drug-likeness (QED) is 0.841. The van der Waals surface area contributed by atoms with E-state index in [2.05, 4.69) is 24.1 Å². The molecule has 0 aromatic carbocycles. The predicted octanol–water partition coefficient (Wildman–Crippen LogP) is 3.44. The molecule has 18 heavy (non-hydrogen) atoms. The van der Waals surface area contributed by atoms with Crippen LogP contribution in [0.15, 0.2) is 12.1 Å². The van der Waals surface area contributed by atoms with Crippen LogP contribution >= 0.6 is 0 Å². The van der Waals surface area contributed by atoms with Gasteiger partial charge in [0, 0.05) is 6.04 Å². The van der Waals surface area contributed by atoms with Crippen LogP contribution < -0.4 is 15.8 Å². The van der Waals surface area contributed by atoms with Gasteiger partial charge >= 0.3 is 0 Å². The van der Waals surface area contributed by atoms with Crippen molar-refractivity contribution >= 4 is 11.5 Å². The molecule has 3 N–H and O–H groups in total. The van der Waals surface area contributed by atoms with Crippen molar-refractivity contribution in [2.24, 2.45) is 0 Å². The van der Waals surface area contributed by atoms with Crippen molar-refractivity contribution in [2.75, 3.05) is 11.1 Å². The molecule has 0 fully saturated rings. The van der Waals surface area contributed by atoms with Gasteiger partial charge in [0.05, 0.1) is 5.69 Å². The van der Waals surface area contributed by atoms with Gasteiger partial charge in [-0.15, -0.1) is 0 Å². The summed E-state index contributed by atoms with van der Waals surface area (Å²) in [6, 6.07) is 4.16. The van der Waals surface area contributed by atoms with Crippen LogP contribution in [0.1, 0.15) is 47.5 Å². The molecule has 1 rings (SSSR count). The van der Waals surface area contributed by atoms with E-state index in [9.17, 15) is 0 Å². The van der Waals surface area contributed by atoms with Crippen LogP contribution in [0.4, 0.5) is 11.5 Å². The summed E-state index contributed by atoms with van der Waals surface area (Å²) in [5.41, 5.74) is 6.15. The Balaban J connectivity index is 2.86. The van der Waals surface area contributed by atoms with Crippen LogP contribution in [-0.4, -0.2) is 16.6 Å². The average Bonchev–Trinajstić information content (AvgIpc) is 2.28. The second-order valence-corrected chi connectivity index (χ2v) is 5.46. The van der Waals surface area contributed by atoms with E-state index in [4.69, 9.17) is 10.5 Å². The molecule has 0 saturated carbocycles. The summed E-state index contributed by atoms with van der Waals surface area (Å²) in [6.07, 6.45) is 2.13. The highest BCUT2D eigenvalue weighted by Crippen LogP contribution is 2.25. The van der Waals surface area contributed by atoms with Gasteiger partial charge in [-0.05, 0) is 45.7 Å². The maximum absolute atomic E-state index is 5.88. The third-order valence-corrected chi connectivity index (χ3v) is 2.63. The first-order valence-corrected chi connectivity index (χ1v) is 6.57. The van der Waals surface area contributed by atoms with E-state index in [1.54, 1.807) is 0 Å². The van der Waals surface area contributed by atoms with Crippen LogP contribution in [0.3, 0.4) is 0 Å². The molecule has 0 aliphatic heterocycles. The summed E-state index contributed by atoms with van der Waals surface area (Å²) in [7, 11) is 0. The lowest BCUT2D eigenvalue weighted by Gasteiger charge is -2.22. The standard InChI is InChI=1S/C14H25N3O/c1-6-10(7-2)16-12-9-8-11(15)13(17-12)18-14(3,4)5/h8-10H,6-7,15H2,1-5H3,(H,16,17). The number of rotatable bonds is 5. The van der Waals surface area contributed by atoms with Crippen LogP contribution in [0.25, 0.3) is 0 Å². The molecule has 102 valence electrons. The molecular weight excluding hydrogens is 226 g/mol. The average molecular weight is 251 g/mol. The van der Waals surface area contributed by atoms with Gasteiger partial charge in [-0.25, -0.2) is 0 Å². The first-order valence-electron chi connectivity index (χ1n) is 6.57. The number of hydrogen-bond acceptors (Lipinski definition) is 4. The zero-order valence-electron chi connectivity index (χ0n) is 12.1. The highest BCUT2D eigenvalue weighted by Gasteiger charge is 2.16. The van der Waals surface area contributed by atoms with Crippen LogP contribution in [0.5, 0.6) is 5.88 Å². The fourth-order valence-corrected chi connectivity index (χ4v) is 1.61. The van der Waals surface area contributed by atoms with Crippen molar-refractivity contribution in [1.82, 2.24) is 4.98 Å². The summed E-state index contributed by atoms with van der Waals surface area (Å²) in [4.78, 5) is 4.44. The summed E-state index contributed by atoms with van der Waals surface area (Å²) in [5, 5.41) is 3.39. The zero-order chi connectivity index (χ0) is 13.8. The largest absolute Gasteiger partial charge is 0.470 e. The molecule has 1 heterocycles. The topological polar surface area (TPSA) is 60.2 Å². The van der Waals surface area contributed by atoms with Crippen LogP contribution in [0.2, 0.25) is 0 Å². The maximum Gasteiger partial charge on any atom is 0.239 e. The molecular formula is C14H25N3O. The molecule has 0 amide bonds. The fraction of sp³-hybridized carbons (Fsp3) is 0.643. The molecule has 4 heteroatoms. The third kappa shape index (κ3) is 4.43. The Bertz CT molecular complexity index is 381. The molecule has 0 aliphatic rings. The molecule has 0 radical (unpaired) electrons. The summed E-state index contributed by atoms with van der Waals surface area (Å²) in [6.45, 7) is 10.3. The molecule has 0 saturated heterocycles. The smallest absolute Gasteiger partial charge is 0.239 e. The second kappa shape index (κ2) is 5.94. The normalized spacial score (nSPS) is 11.7. The van der Waals surface area contributed by atoms with E-state index in [0.29, 0.717) is 17.6 Å². The van der Waals surface area contributed by atoms with Gasteiger partial charge in [-0.3, -0.25) is 0 Å². The fourth-order valence-electron chi connectivity index (χ4n) is 1.61. The highest BCUT2D eigenvalue weighted by atomic mass is 16.5. The molecule has 0 spiro atoms. The Morgan fingerprint density at radius 2 is 1.89 bits per heavy atom. The van der Waals surface area contributed by atoms with Crippen molar-refractivity contribution in [3.05, 3.63) is 12.1 Å². The van der Waals surface area contributed by atoms with E-state index >= 15 is 0 Å². The van der Waals surface area contributed by atoms with Crippen molar-refractivity contribution in [3.63, 3.8) is 0 Å². The predicted molar refractivity (Wildman–Crippen MR) is 77.0 cm³/mol. The minimum absolute atomic E-state index is 0.297. The van der Waals surface area contributed by atoms with Crippen molar-refractivity contribution < 1.29 is 4.74 Å². The number of anilines is 2. The van der Waals surface area contributed by atoms with E-state index in [0.717, 1.165) is 18.7 Å². The molecule has 0 unspecified atom stereocenters. The number of nitrogens with zero attached hydrogens (tertiary/aromatic N) is 1. The Labute approximate surface area is 110 Å². The molecule has 1 aromatic heterocycles. The van der Waals surface area contributed by atoms with Gasteiger partial charge in [0.2, 0.25) is 5.88 Å². The molecule has 4 nitrogen and oxygen atoms in total. The Morgan fingerprint density at radius 1 is 1.28 bits per heavy atom. The van der Waals surface area contributed by atoms with Gasteiger partial charge in [0.1, 0.15) is 11.4 Å². The summed E-state index contributed by atoms with van der Waals surface area (Å²) < 4.78 is 5.75. The molecule has 1 aromatic rings. The first-order chi connectivity index (χ1) is 8.35. The number of nitrogens with two attached hydrogens (primary N) is 1. The van der Waals surface area contributed by atoms with E-state index in [1.165, 1.54) is 0 Å². The lowest BCUT2D eigenvalue weighted by Crippen LogP contribution is -2.25. The van der Waals surface area contributed by atoms with Crippen LogP contribution in [0, 0.1) is 0 Å². The maximum atomic E-state index is 5.88. The summed E-state index contributed by atoms with van der Waals surface area (Å²) >= 11 is 0. The van der Waals surface area contributed by atoms with E-state index in [-0.39, 0.29) is 5.60 Å². The van der Waals surface area contributed by atoms with Gasteiger partial charge in [-0.2, -0.15) is 4.98 Å². The van der Waals surface area contributed by atoms with Crippen LogP contribution in [-0.2, 0) is 0 Å². The van der Waals surface area contributed by atoms with Crippen molar-refractivity contribution in [3.8, 4) is 5.88 Å². The molecule has 0 aliphatic carbocycles. The lowest BCUT2D eigenvalue weighted by molar-refractivity contribution is 0.125. The summed E-state index contributed by atoms with van der Waals surface area (Å²) in [5.74, 6) is 1.32. The number of ether oxygens (including phenoxy) is 1. The SMILES string of the molecule is CCC(CC)Nc1ccc(N)c(OC(C)(C)C)n1. The third-order valence-electron chi connectivity index (χ3n) is 2.63. The Morgan fingerprint density at radius 3 is 2.39 bits per heavy atom. The Kier molecular flexibility index (Phi) is 4.82. The van der Waals surface area contributed by atoms with E-state index in [1.807, 2.05) is 32.9 Å². The van der Waals surface area contributed by atoms with E-state index < -0.39 is 0 Å². The van der Waals surface area contributed by atoms with Gasteiger partial charge in [0.25, 0.3) is 0 Å². The minimum Gasteiger partial charge on any atom is -0.470 e. The Hall–Kier alpha value is -1.45. The first kappa shape index (κ1) is 14.6. The minimum atomic E-state index is -0.297. The lowest BCUT2D eigenvalue weighted by atomic mass is 10.2. The number of nitrogens with one attached hydrogen (secondary N) is 1. The van der Waals surface area contributed by atoms with Gasteiger partial charge in [0.15, 0.2) is 0 Å². The zero-order valence-corrected chi connectivity index (χ0v) is 12.1. The highest BCUT2D eigenvalue weighted by molar-refractivity contribution is 5.54. The van der Waals surface area contributed by atoms with Crippen molar-refractivity contribution in [1.29, 1.82) is 0 Å². The van der Waals surface area contributed by atoms with Crippen molar-refractivity contribution in [2.45, 2.75) is 59.1 Å². The van der Waals surface area contributed by atoms with Gasteiger partial charge < -0.3 is 15.8 Å². The van der Waals surface area contributed by atoms with Gasteiger partial charge in [-0.1, -0.05) is 13.8 Å². The molecule has 0 atom stereocenters. The number of pyridine rings is 1. The number of hydrogen-bond donors (Lipinski definition) is 2. The number of aromatic nitrogens is 1. The monoisotopic (exact) mass is 251 g/mol. The number of nitrogen functional groups attached to an aromatic ring is 1. The molecule has 0 bridgehead atoms. The second-order valence-electron chi connectivity index (χ2n) is 5.46.